The first-order chi connectivity index (χ1) is 37.2. The van der Waals surface area contributed by atoms with E-state index in [-0.39, 0.29) is 91.7 Å². The maximum Gasteiger partial charge on any atom is 0.333 e. The molecule has 1 N–H and O–H groups in total. The van der Waals surface area contributed by atoms with Crippen molar-refractivity contribution in [1.29, 1.82) is 0 Å². The number of nitrogens with one attached hydrogen (secondary N) is 1. The summed E-state index contributed by atoms with van der Waals surface area (Å²) >= 11 is 0. The molecule has 3 aliphatic rings. The molecule has 0 spiro atoms. The van der Waals surface area contributed by atoms with Gasteiger partial charge in [0.1, 0.15) is 55.3 Å². The highest BCUT2D eigenvalue weighted by atomic mass is 32.2. The maximum atomic E-state index is 16.6. The zero-order chi connectivity index (χ0) is 53.4. The number of pyridine rings is 1. The molecule has 2 aromatic heterocycles. The number of halogens is 3. The summed E-state index contributed by atoms with van der Waals surface area (Å²) in [6, 6.07) is 42.3. The summed E-state index contributed by atoms with van der Waals surface area (Å²) in [5.41, 5.74) is 2.86. The van der Waals surface area contributed by atoms with Gasteiger partial charge < -0.3 is 23.8 Å². The number of carbonyl (C=O) groups excluding carboxylic acids is 2. The van der Waals surface area contributed by atoms with Gasteiger partial charge in [-0.2, -0.15) is 22.2 Å². The quantitative estimate of drug-likeness (QED) is 0.0998. The molecule has 0 saturated carbocycles. The van der Waals surface area contributed by atoms with E-state index < -0.39 is 58.4 Å². The molecule has 5 heterocycles. The molecule has 20 heteroatoms. The van der Waals surface area contributed by atoms with Crippen LogP contribution in [0.25, 0.3) is 33.1 Å². The highest BCUT2D eigenvalue weighted by molar-refractivity contribution is 7.92. The number of amides is 2. The van der Waals surface area contributed by atoms with Crippen LogP contribution in [-0.4, -0.2) is 95.4 Å². The Hall–Kier alpha value is -8.62. The van der Waals surface area contributed by atoms with Gasteiger partial charge in [0.15, 0.2) is 5.82 Å². The Labute approximate surface area is 440 Å². The number of likely N-dealkylation sites (tertiary alicyclic amines) is 1. The van der Waals surface area contributed by atoms with Crippen LogP contribution in [0, 0.1) is 5.82 Å². The fourth-order valence-electron chi connectivity index (χ4n) is 9.85. The lowest BCUT2D eigenvalue weighted by Crippen LogP contribution is -2.47. The van der Waals surface area contributed by atoms with Crippen molar-refractivity contribution in [2.24, 2.45) is 7.05 Å². The van der Waals surface area contributed by atoms with E-state index in [0.717, 1.165) is 16.7 Å². The smallest absolute Gasteiger partial charge is 0.333 e. The number of fused-ring (bicyclic) bond motifs is 2. The monoisotopic (exact) mass is 1070 g/mol. The number of carbonyl (C=O) groups is 2. The van der Waals surface area contributed by atoms with Gasteiger partial charge in [0.2, 0.25) is 17.7 Å². The number of nitrogens with zero attached hydrogens (tertiary/aromatic N) is 6. The minimum absolute atomic E-state index is 0.00154. The van der Waals surface area contributed by atoms with Gasteiger partial charge in [-0.05, 0) is 64.0 Å². The molecule has 1 atom stereocenters. The fraction of sp³-hybridized carbons (Fsp3) is 0.228. The number of aryl methyl sites for hydroxylation is 1. The van der Waals surface area contributed by atoms with Crippen LogP contribution in [0.5, 0.6) is 23.3 Å². The first-order valence-electron chi connectivity index (χ1n) is 24.8. The van der Waals surface area contributed by atoms with E-state index in [2.05, 4.69) is 4.98 Å². The third-order valence-electron chi connectivity index (χ3n) is 13.7. The average molecular weight is 1070 g/mol. The molecule has 6 aromatic carbocycles. The zero-order valence-corrected chi connectivity index (χ0v) is 42.3. The van der Waals surface area contributed by atoms with Gasteiger partial charge in [0, 0.05) is 43.6 Å². The molecule has 0 aliphatic carbocycles. The Bertz CT molecular complexity index is 3770. The van der Waals surface area contributed by atoms with E-state index in [0.29, 0.717) is 32.8 Å². The van der Waals surface area contributed by atoms with Crippen LogP contribution in [0.15, 0.2) is 156 Å². The second-order valence-electron chi connectivity index (χ2n) is 19.0. The topological polar surface area (TPSA) is 167 Å². The Kier molecular flexibility index (Phi) is 13.7. The van der Waals surface area contributed by atoms with Crippen molar-refractivity contribution in [3.63, 3.8) is 0 Å². The minimum atomic E-state index is -4.42. The lowest BCUT2D eigenvalue weighted by Gasteiger charge is -2.33. The zero-order valence-electron chi connectivity index (χ0n) is 41.5. The van der Waals surface area contributed by atoms with Crippen molar-refractivity contribution in [3.8, 4) is 28.9 Å². The van der Waals surface area contributed by atoms with Crippen LogP contribution in [0.2, 0.25) is 0 Å². The van der Waals surface area contributed by atoms with Crippen molar-refractivity contribution in [3.05, 3.63) is 190 Å². The molecule has 2 saturated heterocycles. The molecule has 2 fully saturated rings. The van der Waals surface area contributed by atoms with Crippen molar-refractivity contribution in [2.45, 2.75) is 38.3 Å². The van der Waals surface area contributed by atoms with Gasteiger partial charge in [-0.15, -0.1) is 0 Å². The summed E-state index contributed by atoms with van der Waals surface area (Å²) < 4.78 is 105. The molecule has 8 aromatic rings. The van der Waals surface area contributed by atoms with Crippen LogP contribution < -0.4 is 33.7 Å². The highest BCUT2D eigenvalue weighted by Crippen LogP contribution is 2.42. The molecule has 394 valence electrons. The van der Waals surface area contributed by atoms with E-state index in [9.17, 15) is 22.8 Å². The van der Waals surface area contributed by atoms with Gasteiger partial charge in [-0.25, -0.2) is 18.2 Å². The fourth-order valence-corrected chi connectivity index (χ4v) is 11.0. The number of anilines is 1. The van der Waals surface area contributed by atoms with Gasteiger partial charge in [-0.1, -0.05) is 109 Å². The number of imidazole rings is 1. The molecule has 77 heavy (non-hydrogen) atoms. The van der Waals surface area contributed by atoms with Crippen LogP contribution >= 0.6 is 0 Å². The van der Waals surface area contributed by atoms with E-state index in [4.69, 9.17) is 18.9 Å². The Morgan fingerprint density at radius 3 is 2.13 bits per heavy atom. The van der Waals surface area contributed by atoms with E-state index in [1.54, 1.807) is 78.7 Å². The van der Waals surface area contributed by atoms with Crippen LogP contribution in [0.1, 0.15) is 28.7 Å². The van der Waals surface area contributed by atoms with E-state index >= 15 is 13.2 Å². The maximum absolute atomic E-state index is 16.6. The standard InChI is InChI=1S/C57H50F3N7O9S/c1-63-48-27-41(18-20-46(48)67(56(63)70)47-21-22-51(74-34-38-13-7-3-8-14-38)61-55(47)75-35-39-15-9-4-10-16-39)45-24-25-64(36-57(45,59)60)32-52(69)65-26-23-43(30-65)76-42-19-17-40-28-49(73-33-37-11-5-2-6-12-37)54(53(58)44(40)29-42)66-31-50(68)62-77(66,71)72/h2-22,24,27-29,43H,23,25-26,30-36H2,1H3,(H,62,68)/t43-/m0/s1. The molecule has 0 unspecified atom stereocenters. The summed E-state index contributed by atoms with van der Waals surface area (Å²) in [7, 11) is -2.85. The van der Waals surface area contributed by atoms with Crippen molar-refractivity contribution in [2.75, 3.05) is 43.6 Å². The Balaban J connectivity index is 0.768. The van der Waals surface area contributed by atoms with E-state index in [1.165, 1.54) is 32.2 Å². The van der Waals surface area contributed by atoms with Gasteiger partial charge in [-0.3, -0.25) is 23.6 Å². The van der Waals surface area contributed by atoms with Crippen LogP contribution in [0.3, 0.4) is 0 Å². The van der Waals surface area contributed by atoms with Crippen molar-refractivity contribution < 1.29 is 50.1 Å². The lowest BCUT2D eigenvalue weighted by molar-refractivity contribution is -0.132. The number of hydrogen-bond acceptors (Lipinski definition) is 11. The van der Waals surface area contributed by atoms with Crippen LogP contribution in [0.4, 0.5) is 18.9 Å². The molecule has 11 rings (SSSR count). The second kappa shape index (κ2) is 20.8. The molecule has 16 nitrogen and oxygen atoms in total. The first kappa shape index (κ1) is 50.5. The summed E-state index contributed by atoms with van der Waals surface area (Å²) in [6.45, 7) is -0.758. The van der Waals surface area contributed by atoms with E-state index in [1.807, 2.05) is 71.5 Å². The number of hydrogen-bond donors (Lipinski definition) is 1. The second-order valence-corrected chi connectivity index (χ2v) is 20.6. The molecule has 0 bridgehead atoms. The predicted octanol–water partition coefficient (Wildman–Crippen LogP) is 7.95. The van der Waals surface area contributed by atoms with Crippen LogP contribution in [-0.2, 0) is 46.7 Å². The summed E-state index contributed by atoms with van der Waals surface area (Å²) in [5, 5.41) is 0.385. The summed E-state index contributed by atoms with van der Waals surface area (Å²) in [6.07, 6.45) is 1.29. The summed E-state index contributed by atoms with van der Waals surface area (Å²) in [4.78, 5) is 47.5. The Morgan fingerprint density at radius 2 is 1.47 bits per heavy atom. The number of rotatable bonds is 16. The predicted molar refractivity (Wildman–Crippen MR) is 282 cm³/mol. The molecular weight excluding hydrogens is 1020 g/mol. The van der Waals surface area contributed by atoms with Gasteiger partial charge in [0.25, 0.3) is 11.8 Å². The first-order valence-corrected chi connectivity index (χ1v) is 26.2. The third kappa shape index (κ3) is 10.5. The van der Waals surface area contributed by atoms with Crippen molar-refractivity contribution in [1.82, 2.24) is 28.6 Å². The SMILES string of the molecule is Cn1c(=O)n(-c2ccc(OCc3ccccc3)nc2OCc2ccccc2)c2ccc(C3=CCN(CC(=O)N4CC[C@H](Oc5ccc6cc(OCc7ccccc7)c(N7CC(=O)NS7(=O)=O)c(F)c6c5)C4)CC3(F)F)cc21. The lowest BCUT2D eigenvalue weighted by atomic mass is 9.95. The number of ether oxygens (including phenoxy) is 4. The number of alkyl halides is 2. The van der Waals surface area contributed by atoms with Gasteiger partial charge >= 0.3 is 15.9 Å². The third-order valence-corrected chi connectivity index (χ3v) is 15.1. The largest absolute Gasteiger partial charge is 0.488 e. The van der Waals surface area contributed by atoms with Crippen molar-refractivity contribution >= 4 is 55.1 Å². The number of benzene rings is 6. The number of aromatic nitrogens is 3. The molecule has 0 radical (unpaired) electrons. The average Bonchev–Trinajstić information content (AvgIpc) is 4.14. The summed E-state index contributed by atoms with van der Waals surface area (Å²) in [5.74, 6) is -4.92. The molecule has 2 amide bonds. The Morgan fingerprint density at radius 1 is 0.792 bits per heavy atom. The van der Waals surface area contributed by atoms with Gasteiger partial charge in [0.05, 0.1) is 30.7 Å². The molecular formula is C57H50F3N7O9S. The minimum Gasteiger partial charge on any atom is -0.488 e. The normalized spacial score (nSPS) is 17.1. The molecule has 3 aliphatic heterocycles. The highest BCUT2D eigenvalue weighted by Gasteiger charge is 2.42.